The molecule has 316 valence electrons. The Morgan fingerprint density at radius 3 is 1.61 bits per heavy atom. The highest BCUT2D eigenvalue weighted by molar-refractivity contribution is 7.07. The Bertz CT molecular complexity index is 1770. The summed E-state index contributed by atoms with van der Waals surface area (Å²) in [7, 11) is -1.37. The summed E-state index contributed by atoms with van der Waals surface area (Å²) in [5.74, 6) is 1.37. The van der Waals surface area contributed by atoms with Crippen molar-refractivity contribution in [2.45, 2.75) is 125 Å². The van der Waals surface area contributed by atoms with Crippen LogP contribution >= 0.6 is 0 Å². The molecule has 4 rings (SSSR count). The van der Waals surface area contributed by atoms with Crippen molar-refractivity contribution < 1.29 is 18.7 Å². The van der Waals surface area contributed by atoms with E-state index in [1.165, 1.54) is 72.5 Å². The van der Waals surface area contributed by atoms with Crippen molar-refractivity contribution in [1.29, 1.82) is 0 Å². The molecule has 0 saturated carbocycles. The molecule has 0 bridgehead atoms. The van der Waals surface area contributed by atoms with E-state index in [-0.39, 0.29) is 24.0 Å². The molecule has 5 atom stereocenters. The highest BCUT2D eigenvalue weighted by Gasteiger charge is 2.44. The molecule has 5 heteroatoms. The van der Waals surface area contributed by atoms with Gasteiger partial charge >= 0.3 is 0 Å². The molecule has 0 aliphatic carbocycles. The Balaban J connectivity index is 1.68. The Kier molecular flexibility index (Phi) is 20.4. The number of ether oxygens (including phenoxy) is 2. The maximum Gasteiger partial charge on any atom is 0.288 e. The van der Waals surface area contributed by atoms with Crippen molar-refractivity contribution in [1.82, 2.24) is 0 Å². The first-order chi connectivity index (χ1) is 28.6. The molecule has 4 aromatic rings. The van der Waals surface area contributed by atoms with E-state index in [0.29, 0.717) is 18.1 Å². The standard InChI is InChI=1S/C54H72O4Si/c1-9-10-11-12-13-14-15-19-26-44(4)53(57-41-48-33-35-49(56-8)36-34-48)45(5)37-42(2)38-46(6)54(47(7)39-43(3)40-55)58-59(50-27-20-16-21-28-50,51-29-22-17-23-30-51)52-31-24-18-25-32-52/h16-18,20-25,27-40,44-45,47,53-54H,9-15,19,26,41H2,1-8H3/b42-37+,43-39+,46-38+/t44-,45-,47+,53+,54-/m0/s1. The number of hydrogen-bond donors (Lipinski definition) is 0. The second-order valence-corrected chi connectivity index (χ2v) is 20.1. The number of rotatable bonds is 26. The Labute approximate surface area is 358 Å². The summed E-state index contributed by atoms with van der Waals surface area (Å²) in [6.45, 7) is 16.0. The first-order valence-electron chi connectivity index (χ1n) is 22.2. The molecular formula is C54H72O4Si. The van der Waals surface area contributed by atoms with Gasteiger partial charge in [0.15, 0.2) is 0 Å². The van der Waals surface area contributed by atoms with Gasteiger partial charge in [0.1, 0.15) is 12.0 Å². The van der Waals surface area contributed by atoms with Crippen molar-refractivity contribution in [3.05, 3.63) is 156 Å². The van der Waals surface area contributed by atoms with Crippen LogP contribution in [0.1, 0.15) is 112 Å². The average molecular weight is 813 g/mol. The van der Waals surface area contributed by atoms with Crippen LogP contribution in [0.15, 0.2) is 150 Å². The maximum atomic E-state index is 12.0. The van der Waals surface area contributed by atoms with Gasteiger partial charge < -0.3 is 13.9 Å². The zero-order chi connectivity index (χ0) is 42.5. The molecule has 0 radical (unpaired) electrons. The van der Waals surface area contributed by atoms with Crippen LogP contribution in [-0.4, -0.2) is 33.9 Å². The summed E-state index contributed by atoms with van der Waals surface area (Å²) in [4.78, 5) is 12.0. The van der Waals surface area contributed by atoms with Crippen LogP contribution < -0.4 is 20.3 Å². The van der Waals surface area contributed by atoms with Crippen molar-refractivity contribution in [2.24, 2.45) is 17.8 Å². The molecule has 0 N–H and O–H groups in total. The van der Waals surface area contributed by atoms with Gasteiger partial charge in [-0.1, -0.05) is 206 Å². The SMILES string of the molecule is CCCCCCCCCC[C@H](C)[C@@H](OCc1ccc(OC)cc1)[C@@H](C)/C=C(C)/C=C(\C)[C@H](O[Si](c1ccccc1)(c1ccccc1)c1ccccc1)[C@H](C)/C=C(\C)C=O. The van der Waals surface area contributed by atoms with E-state index < -0.39 is 8.32 Å². The van der Waals surface area contributed by atoms with Gasteiger partial charge in [-0.25, -0.2) is 0 Å². The zero-order valence-electron chi connectivity index (χ0n) is 37.4. The third-order valence-corrected chi connectivity index (χ3v) is 15.7. The molecule has 0 heterocycles. The number of hydrogen-bond acceptors (Lipinski definition) is 4. The molecule has 0 fully saturated rings. The number of allylic oxidation sites excluding steroid dienone is 3. The predicted octanol–water partition coefficient (Wildman–Crippen LogP) is 12.1. The van der Waals surface area contributed by atoms with Crippen molar-refractivity contribution >= 4 is 30.2 Å². The average Bonchev–Trinajstić information content (AvgIpc) is 3.26. The van der Waals surface area contributed by atoms with Crippen LogP contribution in [0.3, 0.4) is 0 Å². The molecule has 4 aromatic carbocycles. The van der Waals surface area contributed by atoms with Crippen LogP contribution in [0.2, 0.25) is 0 Å². The number of aldehydes is 1. The van der Waals surface area contributed by atoms with E-state index in [2.05, 4.69) is 163 Å². The molecule has 0 aliphatic rings. The van der Waals surface area contributed by atoms with E-state index in [9.17, 15) is 4.79 Å². The number of unbranched alkanes of at least 4 members (excludes halogenated alkanes) is 7. The van der Waals surface area contributed by atoms with Crippen molar-refractivity contribution in [3.63, 3.8) is 0 Å². The molecule has 0 unspecified atom stereocenters. The largest absolute Gasteiger partial charge is 0.497 e. The van der Waals surface area contributed by atoms with E-state index in [1.807, 2.05) is 19.1 Å². The topological polar surface area (TPSA) is 44.8 Å². The number of methoxy groups -OCH3 is 1. The number of benzene rings is 4. The third kappa shape index (κ3) is 14.4. The minimum absolute atomic E-state index is 0.0590. The van der Waals surface area contributed by atoms with E-state index in [1.54, 1.807) is 7.11 Å². The molecule has 0 spiro atoms. The maximum absolute atomic E-state index is 12.0. The fourth-order valence-corrected chi connectivity index (χ4v) is 12.8. The Morgan fingerprint density at radius 1 is 0.627 bits per heavy atom. The highest BCUT2D eigenvalue weighted by Crippen LogP contribution is 2.29. The fraction of sp³-hybridized carbons (Fsp3) is 0.426. The summed E-state index contributed by atoms with van der Waals surface area (Å²) < 4.78 is 20.1. The van der Waals surface area contributed by atoms with Gasteiger partial charge in [0.05, 0.1) is 25.9 Å². The molecule has 59 heavy (non-hydrogen) atoms. The molecule has 0 aliphatic heterocycles. The molecule has 0 amide bonds. The van der Waals surface area contributed by atoms with Gasteiger partial charge in [0.25, 0.3) is 8.32 Å². The Morgan fingerprint density at radius 2 is 1.12 bits per heavy atom. The molecule has 0 aromatic heterocycles. The summed E-state index contributed by atoms with van der Waals surface area (Å²) in [5, 5.41) is 3.55. The lowest BCUT2D eigenvalue weighted by Gasteiger charge is -2.39. The minimum Gasteiger partial charge on any atom is -0.497 e. The second kappa shape index (κ2) is 25.4. The first-order valence-corrected chi connectivity index (χ1v) is 24.1. The lowest BCUT2D eigenvalue weighted by Crippen LogP contribution is -2.70. The minimum atomic E-state index is -3.07. The van der Waals surface area contributed by atoms with Gasteiger partial charge in [0, 0.05) is 11.8 Å². The summed E-state index contributed by atoms with van der Waals surface area (Å²) >= 11 is 0. The molecule has 4 nitrogen and oxygen atoms in total. The summed E-state index contributed by atoms with van der Waals surface area (Å²) in [5.41, 5.74) is 4.15. The second-order valence-electron chi connectivity index (χ2n) is 16.7. The fourth-order valence-electron chi connectivity index (χ4n) is 8.58. The monoisotopic (exact) mass is 813 g/mol. The summed E-state index contributed by atoms with van der Waals surface area (Å²) in [6, 6.07) is 40.4. The smallest absolute Gasteiger partial charge is 0.288 e. The molecular weight excluding hydrogens is 741 g/mol. The number of carbonyl (C=O) groups excluding carboxylic acids is 1. The van der Waals surface area contributed by atoms with Gasteiger partial charge in [-0.2, -0.15) is 0 Å². The van der Waals surface area contributed by atoms with Crippen LogP contribution in [0.25, 0.3) is 0 Å². The third-order valence-electron chi connectivity index (χ3n) is 11.7. The predicted molar refractivity (Wildman–Crippen MR) is 252 cm³/mol. The lowest BCUT2D eigenvalue weighted by molar-refractivity contribution is -0.104. The molecule has 0 saturated heterocycles. The van der Waals surface area contributed by atoms with E-state index >= 15 is 0 Å². The van der Waals surface area contributed by atoms with E-state index in [4.69, 9.17) is 13.9 Å². The van der Waals surface area contributed by atoms with E-state index in [0.717, 1.165) is 29.6 Å². The normalized spacial score (nSPS) is 15.3. The van der Waals surface area contributed by atoms with Gasteiger partial charge in [-0.05, 0) is 77.5 Å². The number of carbonyl (C=O) groups is 1. The van der Waals surface area contributed by atoms with Crippen LogP contribution in [-0.2, 0) is 20.6 Å². The van der Waals surface area contributed by atoms with Gasteiger partial charge in [-0.15, -0.1) is 0 Å². The van der Waals surface area contributed by atoms with Crippen molar-refractivity contribution in [2.75, 3.05) is 7.11 Å². The lowest BCUT2D eigenvalue weighted by atomic mass is 9.87. The zero-order valence-corrected chi connectivity index (χ0v) is 38.4. The van der Waals surface area contributed by atoms with Crippen LogP contribution in [0.4, 0.5) is 0 Å². The quantitative estimate of drug-likeness (QED) is 0.0158. The van der Waals surface area contributed by atoms with Crippen molar-refractivity contribution in [3.8, 4) is 5.75 Å². The van der Waals surface area contributed by atoms with Crippen LogP contribution in [0, 0.1) is 17.8 Å². The van der Waals surface area contributed by atoms with Gasteiger partial charge in [0.2, 0.25) is 0 Å². The first kappa shape index (κ1) is 47.4. The van der Waals surface area contributed by atoms with Crippen LogP contribution in [0.5, 0.6) is 5.75 Å². The van der Waals surface area contributed by atoms with Gasteiger partial charge in [-0.3, -0.25) is 4.79 Å². The highest BCUT2D eigenvalue weighted by atomic mass is 28.4. The Hall–Kier alpha value is -4.29. The summed E-state index contributed by atoms with van der Waals surface area (Å²) in [6.07, 6.45) is 19.1.